The van der Waals surface area contributed by atoms with Crippen molar-refractivity contribution >= 4 is 23.3 Å². The Morgan fingerprint density at radius 1 is 1.68 bits per heavy atom. The van der Waals surface area contributed by atoms with Crippen molar-refractivity contribution in [1.29, 1.82) is 0 Å². The van der Waals surface area contributed by atoms with Crippen LogP contribution in [-0.2, 0) is 0 Å². The van der Waals surface area contributed by atoms with E-state index >= 15 is 0 Å². The van der Waals surface area contributed by atoms with Gasteiger partial charge in [-0.25, -0.2) is 4.98 Å². The normalized spacial score (nSPS) is 22.0. The van der Waals surface area contributed by atoms with Gasteiger partial charge in [0.2, 0.25) is 5.95 Å². The summed E-state index contributed by atoms with van der Waals surface area (Å²) < 4.78 is 1.60. The van der Waals surface area contributed by atoms with Crippen LogP contribution in [0.1, 0.15) is 6.42 Å². The first kappa shape index (κ1) is 11.9. The smallest absolute Gasteiger partial charge is 0.280 e. The van der Waals surface area contributed by atoms with Gasteiger partial charge in [-0.15, -0.1) is 0 Å². The van der Waals surface area contributed by atoms with Gasteiger partial charge in [0.25, 0.3) is 5.56 Å². The lowest BCUT2D eigenvalue weighted by atomic mass is 10.2. The topological polar surface area (TPSA) is 130 Å². The monoisotopic (exact) mass is 263 g/mol. The molecule has 0 aromatic carbocycles. The van der Waals surface area contributed by atoms with E-state index in [2.05, 4.69) is 15.0 Å². The Hall–Kier alpha value is -2.19. The number of H-pyrrole nitrogens is 1. The third-order valence-corrected chi connectivity index (χ3v) is 3.18. The lowest BCUT2D eigenvalue weighted by Crippen LogP contribution is -2.14. The van der Waals surface area contributed by atoms with Gasteiger partial charge in [-0.2, -0.15) is 4.98 Å². The molecule has 19 heavy (non-hydrogen) atoms. The van der Waals surface area contributed by atoms with Crippen molar-refractivity contribution in [1.82, 2.24) is 19.5 Å². The standard InChI is InChI=1S/C11H13N5O3/c12-11-14-9-8(10(19)15-11)13-4-16(9)2-5-1-6(5)7(18)3-17/h2,4,6-7,17-18H,1,3H2,(H3,12,14,15,19)/b5-2+/t6-,7+/m1/s1. The molecule has 0 saturated heterocycles. The zero-order valence-electron chi connectivity index (χ0n) is 9.95. The van der Waals surface area contributed by atoms with E-state index in [1.807, 2.05) is 0 Å². The first-order chi connectivity index (χ1) is 9.10. The Bertz CT molecular complexity index is 717. The second-order valence-electron chi connectivity index (χ2n) is 4.54. The summed E-state index contributed by atoms with van der Waals surface area (Å²) in [5.74, 6) is -0.0119. The average molecular weight is 263 g/mol. The highest BCUT2D eigenvalue weighted by atomic mass is 16.3. The molecular formula is C11H13N5O3. The molecule has 0 bridgehead atoms. The maximum absolute atomic E-state index is 11.6. The van der Waals surface area contributed by atoms with Crippen LogP contribution in [0.5, 0.6) is 0 Å². The molecule has 2 aromatic rings. The lowest BCUT2D eigenvalue weighted by molar-refractivity contribution is 0.0815. The van der Waals surface area contributed by atoms with Crippen LogP contribution in [0.15, 0.2) is 16.7 Å². The van der Waals surface area contributed by atoms with Crippen LogP contribution in [-0.4, -0.2) is 42.4 Å². The highest BCUT2D eigenvalue weighted by Gasteiger charge is 2.36. The summed E-state index contributed by atoms with van der Waals surface area (Å²) in [6.07, 6.45) is 3.19. The molecule has 100 valence electrons. The number of nitrogens with zero attached hydrogens (tertiary/aromatic N) is 3. The van der Waals surface area contributed by atoms with E-state index in [-0.39, 0.29) is 29.5 Å². The fraction of sp³-hybridized carbons (Fsp3) is 0.364. The van der Waals surface area contributed by atoms with E-state index in [4.69, 9.17) is 10.8 Å². The SMILES string of the molecule is Nc1nc2c(ncn2/C=C2\C[C@H]2[C@@H](O)CO)c(=O)[nH]1. The van der Waals surface area contributed by atoms with Gasteiger partial charge in [-0.1, -0.05) is 0 Å². The van der Waals surface area contributed by atoms with E-state index in [1.165, 1.54) is 6.33 Å². The largest absolute Gasteiger partial charge is 0.394 e. The molecule has 0 unspecified atom stereocenters. The first-order valence-electron chi connectivity index (χ1n) is 5.82. The number of aromatic nitrogens is 4. The number of anilines is 1. The molecule has 0 aliphatic heterocycles. The first-order valence-corrected chi connectivity index (χ1v) is 5.82. The number of nitrogens with one attached hydrogen (secondary N) is 1. The van der Waals surface area contributed by atoms with Crippen molar-refractivity contribution < 1.29 is 10.2 Å². The Kier molecular flexibility index (Phi) is 2.61. The van der Waals surface area contributed by atoms with Crippen molar-refractivity contribution in [2.24, 2.45) is 5.92 Å². The zero-order chi connectivity index (χ0) is 13.6. The van der Waals surface area contributed by atoms with Gasteiger partial charge in [0.15, 0.2) is 11.2 Å². The van der Waals surface area contributed by atoms with E-state index in [0.29, 0.717) is 12.1 Å². The van der Waals surface area contributed by atoms with Crippen LogP contribution in [0.3, 0.4) is 0 Å². The van der Waals surface area contributed by atoms with E-state index in [0.717, 1.165) is 5.57 Å². The minimum absolute atomic E-state index is 0.0281. The summed E-state index contributed by atoms with van der Waals surface area (Å²) in [6.45, 7) is -0.266. The summed E-state index contributed by atoms with van der Waals surface area (Å²) in [5.41, 5.74) is 6.67. The number of aromatic amines is 1. The molecule has 2 atom stereocenters. The molecule has 0 amide bonds. The maximum atomic E-state index is 11.6. The number of fused-ring (bicyclic) bond motifs is 1. The molecule has 8 nitrogen and oxygen atoms in total. The van der Waals surface area contributed by atoms with Crippen molar-refractivity contribution in [2.45, 2.75) is 12.5 Å². The molecule has 5 N–H and O–H groups in total. The summed E-state index contributed by atoms with van der Waals surface area (Å²) in [7, 11) is 0. The van der Waals surface area contributed by atoms with Gasteiger partial charge in [-0.05, 0) is 12.0 Å². The molecule has 1 aliphatic rings. The van der Waals surface area contributed by atoms with Crippen LogP contribution >= 0.6 is 0 Å². The molecule has 3 rings (SSSR count). The molecule has 2 heterocycles. The van der Waals surface area contributed by atoms with Gasteiger partial charge in [-0.3, -0.25) is 14.3 Å². The number of imidazole rings is 1. The number of hydrogen-bond acceptors (Lipinski definition) is 6. The van der Waals surface area contributed by atoms with Gasteiger partial charge in [0.1, 0.15) is 6.33 Å². The van der Waals surface area contributed by atoms with Gasteiger partial charge in [0.05, 0.1) is 12.7 Å². The number of aliphatic hydroxyl groups excluding tert-OH is 2. The van der Waals surface area contributed by atoms with Gasteiger partial charge >= 0.3 is 0 Å². The van der Waals surface area contributed by atoms with Crippen LogP contribution in [0, 0.1) is 5.92 Å². The number of aliphatic hydroxyl groups is 2. The molecule has 8 heteroatoms. The van der Waals surface area contributed by atoms with E-state index in [1.54, 1.807) is 10.8 Å². The molecule has 2 aromatic heterocycles. The summed E-state index contributed by atoms with van der Waals surface area (Å²) in [5, 5.41) is 18.4. The molecule has 0 spiro atoms. The highest BCUT2D eigenvalue weighted by molar-refractivity contribution is 5.73. The minimum Gasteiger partial charge on any atom is -0.394 e. The van der Waals surface area contributed by atoms with E-state index in [9.17, 15) is 9.90 Å². The summed E-state index contributed by atoms with van der Waals surface area (Å²) in [4.78, 5) is 22.0. The second-order valence-corrected chi connectivity index (χ2v) is 4.54. The molecule has 1 saturated carbocycles. The second kappa shape index (κ2) is 4.18. The molecule has 0 radical (unpaired) electrons. The quantitative estimate of drug-likeness (QED) is 0.557. The van der Waals surface area contributed by atoms with Crippen molar-refractivity contribution in [2.75, 3.05) is 12.3 Å². The summed E-state index contributed by atoms with van der Waals surface area (Å²) in [6, 6.07) is 0. The van der Waals surface area contributed by atoms with Crippen LogP contribution in [0.2, 0.25) is 0 Å². The average Bonchev–Trinajstić information content (AvgIpc) is 3.02. The van der Waals surface area contributed by atoms with E-state index < -0.39 is 6.10 Å². The Morgan fingerprint density at radius 2 is 2.47 bits per heavy atom. The number of nitrogen functional groups attached to an aromatic ring is 1. The third kappa shape index (κ3) is 2.00. The van der Waals surface area contributed by atoms with Crippen LogP contribution in [0.4, 0.5) is 5.95 Å². The zero-order valence-corrected chi connectivity index (χ0v) is 9.95. The molecule has 1 fully saturated rings. The Balaban J connectivity index is 2.00. The third-order valence-electron chi connectivity index (χ3n) is 3.18. The fourth-order valence-electron chi connectivity index (χ4n) is 2.07. The minimum atomic E-state index is -0.748. The Morgan fingerprint density at radius 3 is 3.21 bits per heavy atom. The molecular weight excluding hydrogens is 250 g/mol. The predicted octanol–water partition coefficient (Wildman–Crippen LogP) is -1.08. The number of nitrogens with two attached hydrogens (primary N) is 1. The van der Waals surface area contributed by atoms with Gasteiger partial charge in [0, 0.05) is 12.1 Å². The Labute approximate surface area is 107 Å². The fourth-order valence-corrected chi connectivity index (χ4v) is 2.07. The molecule has 1 aliphatic carbocycles. The van der Waals surface area contributed by atoms with Crippen molar-refractivity contribution in [3.63, 3.8) is 0 Å². The van der Waals surface area contributed by atoms with Gasteiger partial charge < -0.3 is 15.9 Å². The van der Waals surface area contributed by atoms with Crippen LogP contribution < -0.4 is 11.3 Å². The van der Waals surface area contributed by atoms with Crippen LogP contribution in [0.25, 0.3) is 17.4 Å². The number of hydrogen-bond donors (Lipinski definition) is 4. The van der Waals surface area contributed by atoms with Crippen molar-refractivity contribution in [3.05, 3.63) is 22.3 Å². The highest BCUT2D eigenvalue weighted by Crippen LogP contribution is 2.41. The number of rotatable bonds is 3. The predicted molar refractivity (Wildman–Crippen MR) is 68.0 cm³/mol. The lowest BCUT2D eigenvalue weighted by Gasteiger charge is -2.01. The maximum Gasteiger partial charge on any atom is 0.280 e. The van der Waals surface area contributed by atoms with Crippen molar-refractivity contribution in [3.8, 4) is 0 Å². The summed E-state index contributed by atoms with van der Waals surface area (Å²) >= 11 is 0.